The maximum Gasteiger partial charge on any atom is 0.416 e. The Kier molecular flexibility index (Phi) is 7.92. The fourth-order valence-corrected chi connectivity index (χ4v) is 2.81. The van der Waals surface area contributed by atoms with E-state index in [4.69, 9.17) is 13.9 Å². The van der Waals surface area contributed by atoms with E-state index in [-0.39, 0.29) is 6.61 Å². The largest absolute Gasteiger partial charge is 0.487 e. The van der Waals surface area contributed by atoms with Crippen molar-refractivity contribution in [1.82, 2.24) is 4.98 Å². The van der Waals surface area contributed by atoms with Crippen molar-refractivity contribution in [3.05, 3.63) is 83.1 Å². The molecule has 0 aliphatic carbocycles. The lowest BCUT2D eigenvalue weighted by Crippen LogP contribution is -2.03. The second kappa shape index (κ2) is 10.6. The van der Waals surface area contributed by atoms with Crippen LogP contribution >= 0.6 is 22.6 Å². The Balaban J connectivity index is 1.51. The van der Waals surface area contributed by atoms with Gasteiger partial charge in [-0.25, -0.2) is 4.98 Å². The minimum Gasteiger partial charge on any atom is -0.487 e. The quantitative estimate of drug-likeness (QED) is 0.183. The molecule has 3 aromatic rings. The molecule has 1 heterocycles. The third-order valence-electron chi connectivity index (χ3n) is 4.03. The second-order valence-electron chi connectivity index (χ2n) is 6.30. The molecule has 0 unspecified atom stereocenters. The number of rotatable bonds is 9. The van der Waals surface area contributed by atoms with Crippen LogP contribution in [0.25, 0.3) is 12.2 Å². The minimum atomic E-state index is -4.34. The summed E-state index contributed by atoms with van der Waals surface area (Å²) in [6, 6.07) is 12.5. The summed E-state index contributed by atoms with van der Waals surface area (Å²) in [4.78, 5) is 4.29. The zero-order valence-electron chi connectivity index (χ0n) is 15.9. The van der Waals surface area contributed by atoms with Gasteiger partial charge >= 0.3 is 6.18 Å². The first kappa shape index (κ1) is 22.4. The third-order valence-corrected chi connectivity index (χ3v) is 4.47. The molecule has 0 N–H and O–H groups in total. The first-order valence-corrected chi connectivity index (χ1v) is 10.6. The van der Waals surface area contributed by atoms with Crippen LogP contribution in [0.1, 0.15) is 28.3 Å². The van der Waals surface area contributed by atoms with Gasteiger partial charge in [0.1, 0.15) is 24.3 Å². The number of alkyl halides is 4. The predicted octanol–water partition coefficient (Wildman–Crippen LogP) is 6.39. The highest BCUT2D eigenvalue weighted by Gasteiger charge is 2.29. The van der Waals surface area contributed by atoms with Crippen molar-refractivity contribution in [3.63, 3.8) is 0 Å². The second-order valence-corrected chi connectivity index (χ2v) is 7.38. The van der Waals surface area contributed by atoms with E-state index >= 15 is 0 Å². The monoisotopic (exact) mass is 529 g/mol. The van der Waals surface area contributed by atoms with E-state index in [2.05, 4.69) is 27.6 Å². The molecule has 0 saturated carbocycles. The highest BCUT2D eigenvalue weighted by atomic mass is 127. The number of hydrogen-bond donors (Lipinski definition) is 0. The van der Waals surface area contributed by atoms with Crippen molar-refractivity contribution in [2.75, 3.05) is 11.0 Å². The fraction of sp³-hybridized carbons (Fsp3) is 0.227. The van der Waals surface area contributed by atoms with Crippen LogP contribution in [-0.4, -0.2) is 16.0 Å². The van der Waals surface area contributed by atoms with Crippen LogP contribution in [0.5, 0.6) is 5.75 Å². The molecule has 0 aliphatic heterocycles. The van der Waals surface area contributed by atoms with Crippen LogP contribution in [0, 0.1) is 0 Å². The van der Waals surface area contributed by atoms with E-state index in [1.165, 1.54) is 18.4 Å². The Labute approximate surface area is 185 Å². The third kappa shape index (κ3) is 6.88. The molecule has 30 heavy (non-hydrogen) atoms. The SMILES string of the molecule is FC(F)(F)c1ccc(/C=C/c2nc(COc3ccc(COCCI)cc3)co2)cc1. The summed E-state index contributed by atoms with van der Waals surface area (Å²) in [5.41, 5.74) is 1.61. The number of ether oxygens (including phenoxy) is 2. The molecule has 0 atom stereocenters. The Morgan fingerprint density at radius 2 is 1.70 bits per heavy atom. The van der Waals surface area contributed by atoms with E-state index in [0.29, 0.717) is 29.5 Å². The zero-order chi connectivity index (χ0) is 21.4. The summed E-state index contributed by atoms with van der Waals surface area (Å²) < 4.78 is 55.3. The summed E-state index contributed by atoms with van der Waals surface area (Å²) >= 11 is 2.27. The Morgan fingerprint density at radius 1 is 0.967 bits per heavy atom. The summed E-state index contributed by atoms with van der Waals surface area (Å²) in [5, 5.41) is 0. The van der Waals surface area contributed by atoms with Crippen molar-refractivity contribution >= 4 is 34.7 Å². The lowest BCUT2D eigenvalue weighted by atomic mass is 10.1. The lowest BCUT2D eigenvalue weighted by molar-refractivity contribution is -0.137. The van der Waals surface area contributed by atoms with E-state index in [9.17, 15) is 13.2 Å². The molecule has 3 rings (SSSR count). The number of aromatic nitrogens is 1. The first-order valence-electron chi connectivity index (χ1n) is 9.09. The maximum absolute atomic E-state index is 12.6. The number of hydrogen-bond acceptors (Lipinski definition) is 4. The van der Waals surface area contributed by atoms with Gasteiger partial charge in [-0.3, -0.25) is 0 Å². The van der Waals surface area contributed by atoms with E-state index < -0.39 is 11.7 Å². The molecule has 158 valence electrons. The van der Waals surface area contributed by atoms with E-state index in [1.807, 2.05) is 24.3 Å². The molecule has 0 saturated heterocycles. The first-order chi connectivity index (χ1) is 14.4. The Morgan fingerprint density at radius 3 is 2.37 bits per heavy atom. The molecule has 0 fully saturated rings. The van der Waals surface area contributed by atoms with Gasteiger partial charge in [0.2, 0.25) is 5.89 Å². The molecule has 0 spiro atoms. The molecular formula is C22H19F3INO3. The van der Waals surface area contributed by atoms with Crippen LogP contribution in [0.4, 0.5) is 13.2 Å². The van der Waals surface area contributed by atoms with E-state index in [0.717, 1.165) is 28.7 Å². The average Bonchev–Trinajstić information content (AvgIpc) is 3.19. The fourth-order valence-electron chi connectivity index (χ4n) is 2.50. The van der Waals surface area contributed by atoms with Crippen molar-refractivity contribution in [1.29, 1.82) is 0 Å². The highest BCUT2D eigenvalue weighted by Crippen LogP contribution is 2.29. The van der Waals surface area contributed by atoms with Crippen LogP contribution in [0.15, 0.2) is 59.2 Å². The molecular weight excluding hydrogens is 510 g/mol. The van der Waals surface area contributed by atoms with Crippen LogP contribution in [0.3, 0.4) is 0 Å². The van der Waals surface area contributed by atoms with Crippen molar-refractivity contribution in [2.24, 2.45) is 0 Å². The highest BCUT2D eigenvalue weighted by molar-refractivity contribution is 14.1. The van der Waals surface area contributed by atoms with Gasteiger partial charge in [-0.05, 0) is 41.5 Å². The normalized spacial score (nSPS) is 11.9. The number of benzene rings is 2. The average molecular weight is 529 g/mol. The van der Waals surface area contributed by atoms with Gasteiger partial charge in [0.25, 0.3) is 0 Å². The predicted molar refractivity (Wildman–Crippen MR) is 116 cm³/mol. The number of oxazole rings is 1. The standard InChI is InChI=1S/C22H19F3INO3/c23-22(24,25)18-6-1-16(2-7-18)5-10-21-27-19(15-30-21)14-29-20-8-3-17(4-9-20)13-28-12-11-26/h1-10,15H,11-14H2/b10-5+. The molecule has 0 amide bonds. The minimum absolute atomic E-state index is 0.238. The lowest BCUT2D eigenvalue weighted by Gasteiger charge is -2.06. The van der Waals surface area contributed by atoms with Gasteiger partial charge in [-0.2, -0.15) is 13.2 Å². The van der Waals surface area contributed by atoms with Gasteiger partial charge in [-0.15, -0.1) is 0 Å². The molecule has 0 bridgehead atoms. The van der Waals surface area contributed by atoms with Crippen LogP contribution < -0.4 is 4.74 Å². The number of nitrogens with zero attached hydrogens (tertiary/aromatic N) is 1. The molecule has 8 heteroatoms. The summed E-state index contributed by atoms with van der Waals surface area (Å²) in [5.74, 6) is 1.05. The van der Waals surface area contributed by atoms with Gasteiger partial charge < -0.3 is 13.9 Å². The smallest absolute Gasteiger partial charge is 0.416 e. The Hall–Kier alpha value is -2.33. The zero-order valence-corrected chi connectivity index (χ0v) is 18.0. The van der Waals surface area contributed by atoms with Crippen LogP contribution in [-0.2, 0) is 24.1 Å². The Bertz CT molecular complexity index is 951. The van der Waals surface area contributed by atoms with Gasteiger partial charge in [0.15, 0.2) is 0 Å². The molecule has 4 nitrogen and oxygen atoms in total. The van der Waals surface area contributed by atoms with Crippen LogP contribution in [0.2, 0.25) is 0 Å². The maximum atomic E-state index is 12.6. The van der Waals surface area contributed by atoms with Gasteiger partial charge in [-0.1, -0.05) is 46.9 Å². The summed E-state index contributed by atoms with van der Waals surface area (Å²) in [7, 11) is 0. The van der Waals surface area contributed by atoms with Gasteiger partial charge in [0, 0.05) is 10.5 Å². The molecule has 1 aromatic heterocycles. The van der Waals surface area contributed by atoms with Crippen molar-refractivity contribution < 1.29 is 27.1 Å². The summed E-state index contributed by atoms with van der Waals surface area (Å²) in [6.45, 7) is 1.53. The topological polar surface area (TPSA) is 44.5 Å². The number of halogens is 4. The molecule has 0 radical (unpaired) electrons. The van der Waals surface area contributed by atoms with Crippen molar-refractivity contribution in [3.8, 4) is 5.75 Å². The van der Waals surface area contributed by atoms with Crippen molar-refractivity contribution in [2.45, 2.75) is 19.4 Å². The molecule has 2 aromatic carbocycles. The molecule has 0 aliphatic rings. The summed E-state index contributed by atoms with van der Waals surface area (Å²) in [6.07, 6.45) is 0.368. The van der Waals surface area contributed by atoms with E-state index in [1.54, 1.807) is 12.2 Å². The van der Waals surface area contributed by atoms with Gasteiger partial charge in [0.05, 0.1) is 18.8 Å².